The van der Waals surface area contributed by atoms with E-state index in [1.807, 2.05) is 24.3 Å². The molecular weight excluding hydrogens is 393 g/mol. The lowest BCUT2D eigenvalue weighted by Gasteiger charge is -2.08. The van der Waals surface area contributed by atoms with Crippen LogP contribution in [0.5, 0.6) is 0 Å². The number of thioether (sulfide) groups is 1. The average molecular weight is 414 g/mol. The van der Waals surface area contributed by atoms with Crippen LogP contribution in [0.3, 0.4) is 0 Å². The molecule has 0 saturated carbocycles. The van der Waals surface area contributed by atoms with Crippen molar-refractivity contribution in [2.24, 2.45) is 4.99 Å². The number of hydrogen-bond donors (Lipinski definition) is 2. The third-order valence-corrected chi connectivity index (χ3v) is 3.38. The zero-order chi connectivity index (χ0) is 13.2. The summed E-state index contributed by atoms with van der Waals surface area (Å²) in [7, 11) is 0. The summed E-state index contributed by atoms with van der Waals surface area (Å²) in [5, 5.41) is 7.18. The molecule has 0 aliphatic rings. The average Bonchev–Trinajstić information content (AvgIpc) is 2.37. The second kappa shape index (κ2) is 11.7. The summed E-state index contributed by atoms with van der Waals surface area (Å²) in [4.78, 5) is 5.71. The first kappa shape index (κ1) is 18.9. The lowest BCUT2D eigenvalue weighted by molar-refractivity contribution is 0.846. The van der Waals surface area contributed by atoms with E-state index in [2.05, 4.69) is 29.5 Å². The Morgan fingerprint density at radius 1 is 1.16 bits per heavy atom. The van der Waals surface area contributed by atoms with Gasteiger partial charge in [-0.15, -0.1) is 35.7 Å². The fourth-order valence-electron chi connectivity index (χ4n) is 1.36. The maximum Gasteiger partial charge on any atom is 0.191 e. The van der Waals surface area contributed by atoms with Gasteiger partial charge in [-0.1, -0.05) is 11.6 Å². The summed E-state index contributed by atoms with van der Waals surface area (Å²) in [6, 6.07) is 7.89. The molecule has 0 unspecified atom stereocenters. The van der Waals surface area contributed by atoms with Gasteiger partial charge < -0.3 is 10.6 Å². The highest BCUT2D eigenvalue weighted by Crippen LogP contribution is 2.19. The molecule has 0 aromatic heterocycles. The molecule has 0 fully saturated rings. The molecule has 1 rings (SSSR count). The van der Waals surface area contributed by atoms with E-state index in [1.165, 1.54) is 4.90 Å². The van der Waals surface area contributed by atoms with Gasteiger partial charge in [0.05, 0.1) is 6.54 Å². The van der Waals surface area contributed by atoms with Crippen LogP contribution in [0.4, 0.5) is 0 Å². The summed E-state index contributed by atoms with van der Waals surface area (Å²) >= 11 is 7.62. The molecule has 0 spiro atoms. The largest absolute Gasteiger partial charge is 0.357 e. The lowest BCUT2D eigenvalue weighted by atomic mass is 10.4. The van der Waals surface area contributed by atoms with E-state index in [0.717, 1.165) is 36.4 Å². The van der Waals surface area contributed by atoms with Gasteiger partial charge in [-0.05, 0) is 38.1 Å². The standard InChI is InChI=1S/C13H20ClN3S.HI/c1-3-15-13(16-4-2)17-9-10-18-12-7-5-11(14)6-8-12;/h5-8H,3-4,9-10H2,1-2H3,(H2,15,16,17);1H. The second-order valence-corrected chi connectivity index (χ2v) is 5.20. The molecule has 0 amide bonds. The van der Waals surface area contributed by atoms with E-state index < -0.39 is 0 Å². The molecular formula is C13H21ClIN3S. The van der Waals surface area contributed by atoms with Crippen molar-refractivity contribution in [1.82, 2.24) is 10.6 Å². The van der Waals surface area contributed by atoms with Crippen molar-refractivity contribution in [3.63, 3.8) is 0 Å². The van der Waals surface area contributed by atoms with E-state index in [9.17, 15) is 0 Å². The van der Waals surface area contributed by atoms with Crippen LogP contribution < -0.4 is 10.6 Å². The van der Waals surface area contributed by atoms with Gasteiger partial charge in [0.1, 0.15) is 0 Å². The van der Waals surface area contributed by atoms with Crippen molar-refractivity contribution in [2.75, 3.05) is 25.4 Å². The molecule has 0 radical (unpaired) electrons. The quantitative estimate of drug-likeness (QED) is 0.246. The number of nitrogens with one attached hydrogen (secondary N) is 2. The number of aliphatic imine (C=N–C) groups is 1. The minimum absolute atomic E-state index is 0. The first-order chi connectivity index (χ1) is 8.76. The Morgan fingerprint density at radius 3 is 2.26 bits per heavy atom. The molecule has 0 saturated heterocycles. The van der Waals surface area contributed by atoms with Crippen LogP contribution in [0.25, 0.3) is 0 Å². The summed E-state index contributed by atoms with van der Waals surface area (Å²) < 4.78 is 0. The van der Waals surface area contributed by atoms with E-state index in [1.54, 1.807) is 11.8 Å². The molecule has 3 nitrogen and oxygen atoms in total. The monoisotopic (exact) mass is 413 g/mol. The number of hydrogen-bond acceptors (Lipinski definition) is 2. The molecule has 6 heteroatoms. The zero-order valence-corrected chi connectivity index (χ0v) is 15.2. The lowest BCUT2D eigenvalue weighted by Crippen LogP contribution is -2.37. The van der Waals surface area contributed by atoms with Crippen molar-refractivity contribution in [1.29, 1.82) is 0 Å². The van der Waals surface area contributed by atoms with Crippen molar-refractivity contribution in [2.45, 2.75) is 18.7 Å². The van der Waals surface area contributed by atoms with Gasteiger partial charge in [-0.25, -0.2) is 0 Å². The fraction of sp³-hybridized carbons (Fsp3) is 0.462. The first-order valence-corrected chi connectivity index (χ1v) is 7.53. The van der Waals surface area contributed by atoms with Crippen LogP contribution in [0.2, 0.25) is 5.02 Å². The molecule has 0 aliphatic carbocycles. The second-order valence-electron chi connectivity index (χ2n) is 3.59. The minimum Gasteiger partial charge on any atom is -0.357 e. The van der Waals surface area contributed by atoms with E-state index in [0.29, 0.717) is 0 Å². The van der Waals surface area contributed by atoms with Crippen molar-refractivity contribution in [3.05, 3.63) is 29.3 Å². The zero-order valence-electron chi connectivity index (χ0n) is 11.3. The highest BCUT2D eigenvalue weighted by Gasteiger charge is 1.96. The predicted molar refractivity (Wildman–Crippen MR) is 97.2 cm³/mol. The van der Waals surface area contributed by atoms with Gasteiger partial charge in [0.15, 0.2) is 5.96 Å². The van der Waals surface area contributed by atoms with Crippen LogP contribution >= 0.6 is 47.3 Å². The van der Waals surface area contributed by atoms with Crippen LogP contribution in [0.15, 0.2) is 34.2 Å². The topological polar surface area (TPSA) is 36.4 Å². The molecule has 19 heavy (non-hydrogen) atoms. The Balaban J connectivity index is 0.00000324. The molecule has 108 valence electrons. The van der Waals surface area contributed by atoms with Crippen molar-refractivity contribution < 1.29 is 0 Å². The summed E-state index contributed by atoms with van der Waals surface area (Å²) in [5.41, 5.74) is 0. The molecule has 0 bridgehead atoms. The van der Waals surface area contributed by atoms with Gasteiger partial charge in [0, 0.05) is 28.8 Å². The van der Waals surface area contributed by atoms with Gasteiger partial charge in [0.25, 0.3) is 0 Å². The third-order valence-electron chi connectivity index (χ3n) is 2.13. The Labute approximate surface area is 142 Å². The number of guanidine groups is 1. The van der Waals surface area contributed by atoms with Gasteiger partial charge >= 0.3 is 0 Å². The van der Waals surface area contributed by atoms with E-state index >= 15 is 0 Å². The predicted octanol–water partition coefficient (Wildman–Crippen LogP) is 3.63. The Hall–Kier alpha value is -0.140. The molecule has 1 aromatic rings. The number of benzene rings is 1. The SMILES string of the molecule is CCNC(=NCCSc1ccc(Cl)cc1)NCC.I. The Kier molecular flexibility index (Phi) is 11.6. The number of nitrogens with zero attached hydrogens (tertiary/aromatic N) is 1. The van der Waals surface area contributed by atoms with Gasteiger partial charge in [-0.2, -0.15) is 0 Å². The molecule has 1 aromatic carbocycles. The summed E-state index contributed by atoms with van der Waals surface area (Å²) in [6.45, 7) is 6.69. The van der Waals surface area contributed by atoms with Crippen LogP contribution in [-0.2, 0) is 0 Å². The van der Waals surface area contributed by atoms with Crippen molar-refractivity contribution in [3.8, 4) is 0 Å². The summed E-state index contributed by atoms with van der Waals surface area (Å²) in [5.74, 6) is 1.85. The third kappa shape index (κ3) is 8.60. The molecule has 0 aliphatic heterocycles. The molecule has 0 atom stereocenters. The van der Waals surface area contributed by atoms with Gasteiger partial charge in [-0.3, -0.25) is 4.99 Å². The van der Waals surface area contributed by atoms with E-state index in [-0.39, 0.29) is 24.0 Å². The number of halogens is 2. The summed E-state index contributed by atoms with van der Waals surface area (Å²) in [6.07, 6.45) is 0. The van der Waals surface area contributed by atoms with Crippen LogP contribution in [0.1, 0.15) is 13.8 Å². The minimum atomic E-state index is 0. The van der Waals surface area contributed by atoms with Gasteiger partial charge in [0.2, 0.25) is 0 Å². The smallest absolute Gasteiger partial charge is 0.191 e. The first-order valence-electron chi connectivity index (χ1n) is 6.16. The highest BCUT2D eigenvalue weighted by atomic mass is 127. The fourth-order valence-corrected chi connectivity index (χ4v) is 2.23. The Morgan fingerprint density at radius 2 is 1.74 bits per heavy atom. The molecule has 2 N–H and O–H groups in total. The maximum absolute atomic E-state index is 5.84. The van der Waals surface area contributed by atoms with Crippen LogP contribution in [-0.4, -0.2) is 31.3 Å². The van der Waals surface area contributed by atoms with E-state index in [4.69, 9.17) is 11.6 Å². The normalized spacial score (nSPS) is 9.42. The maximum atomic E-state index is 5.84. The van der Waals surface area contributed by atoms with Crippen LogP contribution in [0, 0.1) is 0 Å². The van der Waals surface area contributed by atoms with Crippen molar-refractivity contribution >= 4 is 53.3 Å². The number of rotatable bonds is 6. The Bertz CT molecular complexity index is 363. The highest BCUT2D eigenvalue weighted by molar-refractivity contribution is 14.0. The molecule has 0 heterocycles.